The molecule has 0 aromatic heterocycles. The lowest BCUT2D eigenvalue weighted by Gasteiger charge is -2.27. The minimum atomic E-state index is -1.35. The lowest BCUT2D eigenvalue weighted by Crippen LogP contribution is -2.39. The van der Waals surface area contributed by atoms with Gasteiger partial charge in [0.25, 0.3) is 0 Å². The molecular formula is C12H22O6. The SMILES string of the molecule is COC(=O)C(CO)(CCO)CC(=O)CCCCO. The zero-order chi connectivity index (χ0) is 14.0. The van der Waals surface area contributed by atoms with Crippen molar-refractivity contribution in [3.63, 3.8) is 0 Å². The van der Waals surface area contributed by atoms with E-state index in [9.17, 15) is 14.7 Å². The second-order valence-corrected chi connectivity index (χ2v) is 4.30. The number of carbonyl (C=O) groups is 2. The quantitative estimate of drug-likeness (QED) is 0.367. The molecule has 0 aliphatic heterocycles. The van der Waals surface area contributed by atoms with Crippen molar-refractivity contribution in [2.45, 2.75) is 32.1 Å². The highest BCUT2D eigenvalue weighted by Gasteiger charge is 2.40. The van der Waals surface area contributed by atoms with Gasteiger partial charge in [0.2, 0.25) is 0 Å². The van der Waals surface area contributed by atoms with Gasteiger partial charge in [-0.2, -0.15) is 0 Å². The molecule has 1 unspecified atom stereocenters. The third-order valence-electron chi connectivity index (χ3n) is 2.91. The number of Topliss-reactive ketones (excluding diaryl/α,β-unsaturated/α-hetero) is 1. The van der Waals surface area contributed by atoms with Crippen LogP contribution in [0.4, 0.5) is 0 Å². The van der Waals surface area contributed by atoms with Crippen LogP contribution in [-0.4, -0.2) is 54.0 Å². The van der Waals surface area contributed by atoms with Gasteiger partial charge in [-0.15, -0.1) is 0 Å². The van der Waals surface area contributed by atoms with Crippen LogP contribution in [-0.2, 0) is 14.3 Å². The Morgan fingerprint density at radius 3 is 2.22 bits per heavy atom. The number of hydrogen-bond donors (Lipinski definition) is 3. The number of aliphatic hydroxyl groups excluding tert-OH is 3. The molecule has 0 amide bonds. The Bertz CT molecular complexity index is 265. The third kappa shape index (κ3) is 5.12. The maximum Gasteiger partial charge on any atom is 0.314 e. The predicted molar refractivity (Wildman–Crippen MR) is 63.8 cm³/mol. The Morgan fingerprint density at radius 2 is 1.78 bits per heavy atom. The van der Waals surface area contributed by atoms with Gasteiger partial charge < -0.3 is 20.1 Å². The van der Waals surface area contributed by atoms with Gasteiger partial charge in [0, 0.05) is 26.1 Å². The van der Waals surface area contributed by atoms with Crippen molar-refractivity contribution in [1.29, 1.82) is 0 Å². The van der Waals surface area contributed by atoms with Crippen LogP contribution in [0.1, 0.15) is 32.1 Å². The number of ether oxygens (including phenoxy) is 1. The van der Waals surface area contributed by atoms with Crippen LogP contribution in [0.2, 0.25) is 0 Å². The summed E-state index contributed by atoms with van der Waals surface area (Å²) >= 11 is 0. The highest BCUT2D eigenvalue weighted by atomic mass is 16.5. The molecule has 6 heteroatoms. The molecule has 0 saturated carbocycles. The number of carbonyl (C=O) groups excluding carboxylic acids is 2. The number of ketones is 1. The molecule has 3 N–H and O–H groups in total. The van der Waals surface area contributed by atoms with Gasteiger partial charge in [0.05, 0.1) is 19.1 Å². The van der Waals surface area contributed by atoms with E-state index in [1.54, 1.807) is 0 Å². The van der Waals surface area contributed by atoms with Crippen molar-refractivity contribution in [2.75, 3.05) is 26.9 Å². The standard InChI is InChI=1S/C12H22O6/c1-18-11(17)12(9-15,5-7-14)8-10(16)4-2-3-6-13/h13-15H,2-9H2,1H3. The number of unbranched alkanes of at least 4 members (excludes halogenated alkanes) is 1. The molecule has 0 saturated heterocycles. The fraction of sp³-hybridized carbons (Fsp3) is 0.833. The van der Waals surface area contributed by atoms with Crippen molar-refractivity contribution in [2.24, 2.45) is 5.41 Å². The summed E-state index contributed by atoms with van der Waals surface area (Å²) in [5, 5.41) is 26.9. The molecule has 0 bridgehead atoms. The number of esters is 1. The fourth-order valence-electron chi connectivity index (χ4n) is 1.79. The van der Waals surface area contributed by atoms with Crippen LogP contribution in [0.25, 0.3) is 0 Å². The first-order valence-electron chi connectivity index (χ1n) is 5.99. The van der Waals surface area contributed by atoms with Gasteiger partial charge in [-0.05, 0) is 19.3 Å². The molecule has 6 nitrogen and oxygen atoms in total. The van der Waals surface area contributed by atoms with Gasteiger partial charge in [0.15, 0.2) is 0 Å². The molecule has 0 fully saturated rings. The van der Waals surface area contributed by atoms with Gasteiger partial charge in [-0.3, -0.25) is 9.59 Å². The Labute approximate surface area is 107 Å². The van der Waals surface area contributed by atoms with E-state index in [-0.39, 0.29) is 38.3 Å². The minimum Gasteiger partial charge on any atom is -0.469 e. The van der Waals surface area contributed by atoms with Gasteiger partial charge in [-0.1, -0.05) is 0 Å². The van der Waals surface area contributed by atoms with E-state index in [0.29, 0.717) is 12.8 Å². The van der Waals surface area contributed by atoms with Gasteiger partial charge in [-0.25, -0.2) is 0 Å². The molecule has 0 heterocycles. The summed E-state index contributed by atoms with van der Waals surface area (Å²) < 4.78 is 4.58. The molecule has 0 aromatic carbocycles. The van der Waals surface area contributed by atoms with Crippen molar-refractivity contribution in [3.8, 4) is 0 Å². The van der Waals surface area contributed by atoms with Gasteiger partial charge >= 0.3 is 5.97 Å². The summed E-state index contributed by atoms with van der Waals surface area (Å²) in [6.45, 7) is -0.822. The molecule has 18 heavy (non-hydrogen) atoms. The highest BCUT2D eigenvalue weighted by molar-refractivity contribution is 5.87. The van der Waals surface area contributed by atoms with Crippen LogP contribution in [0.15, 0.2) is 0 Å². The third-order valence-corrected chi connectivity index (χ3v) is 2.91. The normalized spacial score (nSPS) is 14.0. The molecule has 1 atom stereocenters. The molecule has 106 valence electrons. The molecular weight excluding hydrogens is 240 g/mol. The Balaban J connectivity index is 4.57. The second kappa shape index (κ2) is 9.02. The smallest absolute Gasteiger partial charge is 0.314 e. The minimum absolute atomic E-state index is 0.0120. The lowest BCUT2D eigenvalue weighted by atomic mass is 9.80. The van der Waals surface area contributed by atoms with E-state index in [1.807, 2.05) is 0 Å². The topological polar surface area (TPSA) is 104 Å². The highest BCUT2D eigenvalue weighted by Crippen LogP contribution is 2.29. The fourth-order valence-corrected chi connectivity index (χ4v) is 1.79. The summed E-state index contributed by atoms with van der Waals surface area (Å²) in [6, 6.07) is 0. The average Bonchev–Trinajstić information content (AvgIpc) is 2.37. The monoisotopic (exact) mass is 262 g/mol. The molecule has 0 aromatic rings. The van der Waals surface area contributed by atoms with Crippen LogP contribution in [0.5, 0.6) is 0 Å². The van der Waals surface area contributed by atoms with Crippen molar-refractivity contribution in [3.05, 3.63) is 0 Å². The van der Waals surface area contributed by atoms with E-state index in [2.05, 4.69) is 4.74 Å². The zero-order valence-electron chi connectivity index (χ0n) is 10.7. The van der Waals surface area contributed by atoms with E-state index < -0.39 is 18.0 Å². The summed E-state index contributed by atoms with van der Waals surface area (Å²) in [4.78, 5) is 23.3. The summed E-state index contributed by atoms with van der Waals surface area (Å²) in [5.74, 6) is -0.870. The maximum absolute atomic E-state index is 11.7. The molecule has 0 spiro atoms. The predicted octanol–water partition coefficient (Wildman–Crippen LogP) is -0.358. The van der Waals surface area contributed by atoms with Crippen LogP contribution in [0, 0.1) is 5.41 Å². The zero-order valence-corrected chi connectivity index (χ0v) is 10.7. The number of rotatable bonds is 10. The first-order chi connectivity index (χ1) is 8.56. The van der Waals surface area contributed by atoms with E-state index in [1.165, 1.54) is 7.11 Å². The van der Waals surface area contributed by atoms with Crippen molar-refractivity contribution < 1.29 is 29.6 Å². The first-order valence-corrected chi connectivity index (χ1v) is 5.99. The van der Waals surface area contributed by atoms with E-state index >= 15 is 0 Å². The van der Waals surface area contributed by atoms with E-state index in [4.69, 9.17) is 10.2 Å². The molecule has 0 aliphatic rings. The van der Waals surface area contributed by atoms with Crippen molar-refractivity contribution in [1.82, 2.24) is 0 Å². The summed E-state index contributed by atoms with van der Waals surface area (Å²) in [7, 11) is 1.18. The second-order valence-electron chi connectivity index (χ2n) is 4.30. The average molecular weight is 262 g/mol. The molecule has 0 radical (unpaired) electrons. The Hall–Kier alpha value is -0.980. The van der Waals surface area contributed by atoms with E-state index in [0.717, 1.165) is 0 Å². The van der Waals surface area contributed by atoms with Crippen LogP contribution in [0.3, 0.4) is 0 Å². The largest absolute Gasteiger partial charge is 0.469 e. The van der Waals surface area contributed by atoms with Gasteiger partial charge in [0.1, 0.15) is 5.78 Å². The molecule has 0 rings (SSSR count). The Morgan fingerprint density at radius 1 is 1.11 bits per heavy atom. The number of hydrogen-bond acceptors (Lipinski definition) is 6. The molecule has 0 aliphatic carbocycles. The van der Waals surface area contributed by atoms with Crippen LogP contribution >= 0.6 is 0 Å². The van der Waals surface area contributed by atoms with Crippen LogP contribution < -0.4 is 0 Å². The maximum atomic E-state index is 11.7. The summed E-state index contributed by atoms with van der Waals surface area (Å²) in [6.07, 6.45) is 1.14. The first kappa shape index (κ1) is 17.0. The summed E-state index contributed by atoms with van der Waals surface area (Å²) in [5.41, 5.74) is -1.35. The van der Waals surface area contributed by atoms with Crippen molar-refractivity contribution >= 4 is 11.8 Å². The number of aliphatic hydroxyl groups is 3. The number of methoxy groups -OCH3 is 1. The Kier molecular flexibility index (Phi) is 8.53. The lowest BCUT2D eigenvalue weighted by molar-refractivity contribution is -0.159.